The summed E-state index contributed by atoms with van der Waals surface area (Å²) >= 11 is 0. The van der Waals surface area contributed by atoms with Crippen molar-refractivity contribution >= 4 is 11.4 Å². The molecule has 4 rings (SSSR count). The van der Waals surface area contributed by atoms with Crippen LogP contribution in [-0.4, -0.2) is 25.9 Å². The maximum atomic E-state index is 6.08. The van der Waals surface area contributed by atoms with Crippen molar-refractivity contribution in [1.29, 1.82) is 0 Å². The Hall–Kier alpha value is -3.67. The molecule has 154 valence electrons. The summed E-state index contributed by atoms with van der Waals surface area (Å²) in [7, 11) is 3.26. The fraction of sp³-hybridized carbons (Fsp3) is 0.208. The number of pyridine rings is 1. The normalized spacial score (nSPS) is 12.9. The highest BCUT2D eigenvalue weighted by molar-refractivity contribution is 5.66. The highest BCUT2D eigenvalue weighted by atomic mass is 16.5. The number of benzene rings is 2. The second kappa shape index (κ2) is 8.78. The number of para-hydroxylation sites is 1. The fourth-order valence-electron chi connectivity index (χ4n) is 3.37. The summed E-state index contributed by atoms with van der Waals surface area (Å²) in [5.74, 6) is 1.99. The molecule has 0 aliphatic carbocycles. The molecule has 0 spiro atoms. The zero-order chi connectivity index (χ0) is 20.9. The minimum atomic E-state index is 0.391. The van der Waals surface area contributed by atoms with E-state index in [1.807, 2.05) is 42.5 Å². The quantitative estimate of drug-likeness (QED) is 0.568. The van der Waals surface area contributed by atoms with E-state index >= 15 is 0 Å². The summed E-state index contributed by atoms with van der Waals surface area (Å²) in [5, 5.41) is 0. The molecule has 2 aromatic carbocycles. The van der Waals surface area contributed by atoms with Gasteiger partial charge in [-0.25, -0.2) is 4.98 Å². The lowest BCUT2D eigenvalue weighted by molar-refractivity contribution is 0.283. The number of ether oxygens (including phenoxy) is 3. The van der Waals surface area contributed by atoms with Gasteiger partial charge in [-0.3, -0.25) is 0 Å². The number of rotatable bonds is 7. The Bertz CT molecular complexity index is 1020. The van der Waals surface area contributed by atoms with Crippen LogP contribution in [-0.2, 0) is 6.61 Å². The molecule has 1 aliphatic rings. The van der Waals surface area contributed by atoms with Crippen LogP contribution < -0.4 is 24.0 Å². The van der Waals surface area contributed by atoms with E-state index in [9.17, 15) is 0 Å². The van der Waals surface area contributed by atoms with Gasteiger partial charge in [-0.2, -0.15) is 0 Å². The van der Waals surface area contributed by atoms with Gasteiger partial charge in [0.2, 0.25) is 5.88 Å². The first-order chi connectivity index (χ1) is 14.7. The number of aromatic nitrogens is 1. The van der Waals surface area contributed by atoms with E-state index in [1.165, 1.54) is 0 Å². The average Bonchev–Trinajstić information content (AvgIpc) is 3.29. The van der Waals surface area contributed by atoms with Crippen molar-refractivity contribution in [3.63, 3.8) is 0 Å². The van der Waals surface area contributed by atoms with Crippen molar-refractivity contribution in [2.75, 3.05) is 30.7 Å². The Labute approximate surface area is 176 Å². The maximum absolute atomic E-state index is 6.08. The van der Waals surface area contributed by atoms with Crippen molar-refractivity contribution in [2.24, 2.45) is 0 Å². The van der Waals surface area contributed by atoms with E-state index in [0.29, 0.717) is 24.0 Å². The second-order valence-electron chi connectivity index (χ2n) is 7.00. The molecule has 2 heterocycles. The SMILES string of the molecule is COc1ccc(COc2cc(N3C=CN(c4ccccc4)C3)c(C)cc2OC)cn1. The third-order valence-electron chi connectivity index (χ3n) is 5.01. The van der Waals surface area contributed by atoms with Crippen molar-refractivity contribution in [1.82, 2.24) is 4.98 Å². The van der Waals surface area contributed by atoms with Crippen LogP contribution in [0.4, 0.5) is 11.4 Å². The van der Waals surface area contributed by atoms with Gasteiger partial charge < -0.3 is 24.0 Å². The molecule has 0 saturated heterocycles. The first kappa shape index (κ1) is 19.6. The van der Waals surface area contributed by atoms with Crippen LogP contribution >= 0.6 is 0 Å². The monoisotopic (exact) mass is 403 g/mol. The summed E-state index contributed by atoms with van der Waals surface area (Å²) in [5.41, 5.74) is 4.31. The predicted molar refractivity (Wildman–Crippen MR) is 118 cm³/mol. The van der Waals surface area contributed by atoms with Gasteiger partial charge in [-0.05, 0) is 36.8 Å². The van der Waals surface area contributed by atoms with Crippen LogP contribution in [0.25, 0.3) is 0 Å². The number of methoxy groups -OCH3 is 2. The average molecular weight is 403 g/mol. The number of aryl methyl sites for hydroxylation is 1. The van der Waals surface area contributed by atoms with Crippen LogP contribution in [0.3, 0.4) is 0 Å². The van der Waals surface area contributed by atoms with E-state index in [-0.39, 0.29) is 0 Å². The summed E-state index contributed by atoms with van der Waals surface area (Å²) in [6.45, 7) is 3.20. The fourth-order valence-corrected chi connectivity index (χ4v) is 3.37. The summed E-state index contributed by atoms with van der Waals surface area (Å²) in [6.07, 6.45) is 5.92. The van der Waals surface area contributed by atoms with Gasteiger partial charge in [0.1, 0.15) is 6.61 Å². The van der Waals surface area contributed by atoms with Gasteiger partial charge in [-0.15, -0.1) is 0 Å². The van der Waals surface area contributed by atoms with E-state index in [0.717, 1.165) is 29.2 Å². The van der Waals surface area contributed by atoms with Gasteiger partial charge >= 0.3 is 0 Å². The highest BCUT2D eigenvalue weighted by Gasteiger charge is 2.19. The lowest BCUT2D eigenvalue weighted by Gasteiger charge is -2.24. The Kier molecular flexibility index (Phi) is 5.75. The second-order valence-corrected chi connectivity index (χ2v) is 7.00. The lowest BCUT2D eigenvalue weighted by Crippen LogP contribution is -2.25. The van der Waals surface area contributed by atoms with Gasteiger partial charge in [-0.1, -0.05) is 18.2 Å². The summed E-state index contributed by atoms with van der Waals surface area (Å²) in [4.78, 5) is 8.63. The lowest BCUT2D eigenvalue weighted by atomic mass is 10.1. The Morgan fingerprint density at radius 3 is 2.40 bits per heavy atom. The Balaban J connectivity index is 1.52. The molecule has 0 N–H and O–H groups in total. The van der Waals surface area contributed by atoms with Gasteiger partial charge in [0.05, 0.1) is 20.9 Å². The molecule has 1 aromatic heterocycles. The van der Waals surface area contributed by atoms with Crippen LogP contribution in [0.1, 0.15) is 11.1 Å². The summed E-state index contributed by atoms with van der Waals surface area (Å²) in [6, 6.07) is 18.1. The van der Waals surface area contributed by atoms with Crippen LogP contribution in [0, 0.1) is 6.92 Å². The minimum absolute atomic E-state index is 0.391. The van der Waals surface area contributed by atoms with Gasteiger partial charge in [0.25, 0.3) is 0 Å². The molecule has 0 fully saturated rings. The van der Waals surface area contributed by atoms with Crippen molar-refractivity contribution in [3.8, 4) is 17.4 Å². The molecule has 30 heavy (non-hydrogen) atoms. The molecule has 6 heteroatoms. The van der Waals surface area contributed by atoms with E-state index in [4.69, 9.17) is 14.2 Å². The zero-order valence-electron chi connectivity index (χ0n) is 17.4. The smallest absolute Gasteiger partial charge is 0.212 e. The van der Waals surface area contributed by atoms with Gasteiger partial charge in [0.15, 0.2) is 11.5 Å². The van der Waals surface area contributed by atoms with Gasteiger partial charge in [0, 0.05) is 47.7 Å². The zero-order valence-corrected chi connectivity index (χ0v) is 17.4. The number of nitrogens with zero attached hydrogens (tertiary/aromatic N) is 3. The van der Waals surface area contributed by atoms with E-state index in [2.05, 4.69) is 46.2 Å². The van der Waals surface area contributed by atoms with Crippen molar-refractivity contribution in [2.45, 2.75) is 13.5 Å². The third-order valence-corrected chi connectivity index (χ3v) is 5.01. The first-order valence-electron chi connectivity index (χ1n) is 9.75. The van der Waals surface area contributed by atoms with E-state index in [1.54, 1.807) is 20.4 Å². The highest BCUT2D eigenvalue weighted by Crippen LogP contribution is 2.37. The van der Waals surface area contributed by atoms with Crippen LogP contribution in [0.2, 0.25) is 0 Å². The molecule has 3 aromatic rings. The molecule has 0 unspecified atom stereocenters. The standard InChI is InChI=1S/C24H25N3O3/c1-18-13-22(28-2)23(30-16-19-9-10-24(29-3)25-15-19)14-21(18)27-12-11-26(17-27)20-7-5-4-6-8-20/h4-15H,16-17H2,1-3H3. The molecule has 0 radical (unpaired) electrons. The minimum Gasteiger partial charge on any atom is -0.493 e. The molecule has 0 amide bonds. The molecule has 1 aliphatic heterocycles. The largest absolute Gasteiger partial charge is 0.493 e. The Morgan fingerprint density at radius 2 is 1.70 bits per heavy atom. The maximum Gasteiger partial charge on any atom is 0.212 e. The van der Waals surface area contributed by atoms with Crippen LogP contribution in [0.15, 0.2) is 73.2 Å². The molecule has 6 nitrogen and oxygen atoms in total. The van der Waals surface area contributed by atoms with Crippen molar-refractivity contribution in [3.05, 3.63) is 84.3 Å². The molecule has 0 saturated carbocycles. The first-order valence-corrected chi connectivity index (χ1v) is 9.75. The predicted octanol–water partition coefficient (Wildman–Crippen LogP) is 4.74. The van der Waals surface area contributed by atoms with Crippen molar-refractivity contribution < 1.29 is 14.2 Å². The molecular formula is C24H25N3O3. The summed E-state index contributed by atoms with van der Waals surface area (Å²) < 4.78 is 16.7. The van der Waals surface area contributed by atoms with Crippen LogP contribution in [0.5, 0.6) is 17.4 Å². The number of hydrogen-bond acceptors (Lipinski definition) is 6. The van der Waals surface area contributed by atoms with E-state index < -0.39 is 0 Å². The molecule has 0 atom stereocenters. The number of hydrogen-bond donors (Lipinski definition) is 0. The Morgan fingerprint density at radius 1 is 0.900 bits per heavy atom. The number of anilines is 2. The molecule has 0 bridgehead atoms. The molecular weight excluding hydrogens is 378 g/mol. The third kappa shape index (κ3) is 4.17. The topological polar surface area (TPSA) is 47.1 Å².